The van der Waals surface area contributed by atoms with Gasteiger partial charge in [0.2, 0.25) is 0 Å². The van der Waals surface area contributed by atoms with Crippen LogP contribution >= 0.6 is 0 Å². The SMILES string of the molecule is NCCc1cc(C(=O)c2cc[nH]c2C(=O)O)c(O)c(O)c1NC(CO)(CO)CO. The number of aromatic amines is 1. The van der Waals surface area contributed by atoms with E-state index >= 15 is 0 Å². The fourth-order valence-corrected chi connectivity index (χ4v) is 2.79. The van der Waals surface area contributed by atoms with E-state index in [0.29, 0.717) is 0 Å². The van der Waals surface area contributed by atoms with E-state index in [1.165, 1.54) is 18.3 Å². The fourth-order valence-electron chi connectivity index (χ4n) is 2.79. The molecule has 11 heteroatoms. The number of aromatic hydroxyl groups is 2. The highest BCUT2D eigenvalue weighted by Crippen LogP contribution is 2.42. The number of carboxylic acids is 1. The van der Waals surface area contributed by atoms with Crippen molar-refractivity contribution in [3.8, 4) is 11.5 Å². The maximum absolute atomic E-state index is 12.8. The number of benzene rings is 1. The number of aromatic carboxylic acids is 1. The van der Waals surface area contributed by atoms with Gasteiger partial charge in [-0.05, 0) is 30.7 Å². The van der Waals surface area contributed by atoms with E-state index in [9.17, 15) is 40.2 Å². The van der Waals surface area contributed by atoms with Gasteiger partial charge < -0.3 is 46.7 Å². The molecule has 10 N–H and O–H groups in total. The third-order valence-corrected chi connectivity index (χ3v) is 4.52. The molecule has 0 aliphatic carbocycles. The Kier molecular flexibility index (Phi) is 6.82. The Bertz CT molecular complexity index is 896. The molecule has 1 aromatic heterocycles. The molecule has 0 atom stereocenters. The minimum absolute atomic E-state index is 0.0848. The minimum atomic E-state index is -1.62. The van der Waals surface area contributed by atoms with Crippen LogP contribution in [0, 0.1) is 0 Å². The Morgan fingerprint density at radius 2 is 1.69 bits per heavy atom. The van der Waals surface area contributed by atoms with Crippen LogP contribution in [0.2, 0.25) is 0 Å². The lowest BCUT2D eigenvalue weighted by molar-refractivity contribution is 0.0687. The molecule has 0 radical (unpaired) electrons. The van der Waals surface area contributed by atoms with Crippen molar-refractivity contribution >= 4 is 17.4 Å². The zero-order valence-corrected chi connectivity index (χ0v) is 15.3. The van der Waals surface area contributed by atoms with E-state index in [-0.39, 0.29) is 41.0 Å². The number of nitrogens with two attached hydrogens (primary N) is 1. The van der Waals surface area contributed by atoms with E-state index < -0.39 is 48.6 Å². The maximum Gasteiger partial charge on any atom is 0.353 e. The van der Waals surface area contributed by atoms with Crippen molar-refractivity contribution in [2.24, 2.45) is 5.73 Å². The van der Waals surface area contributed by atoms with Crippen molar-refractivity contribution in [1.82, 2.24) is 4.98 Å². The summed E-state index contributed by atoms with van der Waals surface area (Å²) in [7, 11) is 0. The van der Waals surface area contributed by atoms with Crippen molar-refractivity contribution in [2.75, 3.05) is 31.7 Å². The van der Waals surface area contributed by atoms with Gasteiger partial charge in [-0.3, -0.25) is 4.79 Å². The first kappa shape index (κ1) is 22.2. The molecule has 2 aromatic rings. The molecule has 1 aromatic carbocycles. The third-order valence-electron chi connectivity index (χ3n) is 4.52. The molecule has 0 aliphatic heterocycles. The van der Waals surface area contributed by atoms with Gasteiger partial charge in [0.05, 0.1) is 36.6 Å². The van der Waals surface area contributed by atoms with Crippen LogP contribution < -0.4 is 11.1 Å². The van der Waals surface area contributed by atoms with Gasteiger partial charge in [-0.25, -0.2) is 4.79 Å². The number of carboxylic acid groups (broad SMARTS) is 1. The number of H-pyrrole nitrogens is 1. The van der Waals surface area contributed by atoms with Crippen LogP contribution in [0.4, 0.5) is 5.69 Å². The molecule has 11 nitrogen and oxygen atoms in total. The minimum Gasteiger partial charge on any atom is -0.504 e. The maximum atomic E-state index is 12.8. The average Bonchev–Trinajstić information content (AvgIpc) is 3.21. The van der Waals surface area contributed by atoms with E-state index in [0.717, 1.165) is 0 Å². The number of rotatable bonds is 10. The topological polar surface area (TPSA) is 209 Å². The lowest BCUT2D eigenvalue weighted by Gasteiger charge is -2.31. The summed E-state index contributed by atoms with van der Waals surface area (Å²) in [5, 5.41) is 61.2. The molecule has 0 saturated carbocycles. The second kappa shape index (κ2) is 8.92. The summed E-state index contributed by atoms with van der Waals surface area (Å²) in [6.07, 6.45) is 1.37. The van der Waals surface area contributed by atoms with Crippen LogP contribution in [-0.4, -0.2) is 79.3 Å². The molecular formula is C18H23N3O8. The molecule has 158 valence electrons. The molecule has 0 spiro atoms. The number of phenols is 2. The average molecular weight is 409 g/mol. The van der Waals surface area contributed by atoms with E-state index in [4.69, 9.17) is 5.73 Å². The van der Waals surface area contributed by atoms with Gasteiger partial charge in [0.25, 0.3) is 0 Å². The van der Waals surface area contributed by atoms with Crippen molar-refractivity contribution in [3.63, 3.8) is 0 Å². The van der Waals surface area contributed by atoms with E-state index in [1.807, 2.05) is 0 Å². The fraction of sp³-hybridized carbons (Fsp3) is 0.333. The highest BCUT2D eigenvalue weighted by Gasteiger charge is 2.32. The number of aliphatic hydroxyl groups is 3. The first-order valence-corrected chi connectivity index (χ1v) is 8.59. The number of carbonyl (C=O) groups excluding carboxylic acids is 1. The first-order valence-electron chi connectivity index (χ1n) is 8.59. The first-order chi connectivity index (χ1) is 13.7. The van der Waals surface area contributed by atoms with Gasteiger partial charge in [-0.1, -0.05) is 0 Å². The number of hydrogen-bond donors (Lipinski definition) is 9. The molecule has 29 heavy (non-hydrogen) atoms. The number of nitrogens with one attached hydrogen (secondary N) is 2. The van der Waals surface area contributed by atoms with Gasteiger partial charge >= 0.3 is 5.97 Å². The third kappa shape index (κ3) is 4.17. The summed E-state index contributed by atoms with van der Waals surface area (Å²) in [4.78, 5) is 26.5. The number of anilines is 1. The van der Waals surface area contributed by atoms with Gasteiger partial charge in [0.15, 0.2) is 17.3 Å². The van der Waals surface area contributed by atoms with Crippen molar-refractivity contribution in [3.05, 3.63) is 40.7 Å². The van der Waals surface area contributed by atoms with Gasteiger partial charge in [-0.2, -0.15) is 0 Å². The Morgan fingerprint density at radius 1 is 1.07 bits per heavy atom. The number of hydrogen-bond acceptors (Lipinski definition) is 9. The van der Waals surface area contributed by atoms with Crippen molar-refractivity contribution in [1.29, 1.82) is 0 Å². The molecule has 0 unspecified atom stereocenters. The van der Waals surface area contributed by atoms with E-state index in [2.05, 4.69) is 10.3 Å². The summed E-state index contributed by atoms with van der Waals surface area (Å²) in [5.74, 6) is -3.83. The van der Waals surface area contributed by atoms with Crippen LogP contribution in [0.3, 0.4) is 0 Å². The van der Waals surface area contributed by atoms with Gasteiger partial charge in [0.1, 0.15) is 11.2 Å². The second-order valence-corrected chi connectivity index (χ2v) is 6.47. The lowest BCUT2D eigenvalue weighted by Crippen LogP contribution is -2.49. The van der Waals surface area contributed by atoms with Crippen LogP contribution in [0.1, 0.15) is 32.0 Å². The predicted octanol–water partition coefficient (Wildman–Crippen LogP) is -1.02. The molecule has 1 heterocycles. The zero-order chi connectivity index (χ0) is 21.8. The molecule has 0 fully saturated rings. The van der Waals surface area contributed by atoms with Crippen LogP contribution in [0.15, 0.2) is 18.3 Å². The number of phenolic OH excluding ortho intramolecular Hbond substituents is 2. The number of ketones is 1. The number of carbonyl (C=O) groups is 2. The number of aromatic nitrogens is 1. The Labute approximate surface area is 165 Å². The normalized spacial score (nSPS) is 11.4. The summed E-state index contributed by atoms with van der Waals surface area (Å²) in [5.41, 5.74) is 3.12. The lowest BCUT2D eigenvalue weighted by atomic mass is 9.95. The molecule has 0 amide bonds. The van der Waals surface area contributed by atoms with Crippen molar-refractivity contribution < 1.29 is 40.2 Å². The van der Waals surface area contributed by atoms with E-state index in [1.54, 1.807) is 0 Å². The molecule has 0 saturated heterocycles. The standard InChI is InChI=1S/C18H23N3O8/c19-3-1-9-5-11(14(25)10-2-4-20-13(10)17(28)29)15(26)16(27)12(9)21-18(6-22,7-23)8-24/h2,4-5,20-24,26-27H,1,3,6-8,19H2,(H,28,29). The highest BCUT2D eigenvalue weighted by atomic mass is 16.4. The predicted molar refractivity (Wildman–Crippen MR) is 101 cm³/mol. The molecule has 2 rings (SSSR count). The summed E-state index contributed by atoms with van der Waals surface area (Å²) < 4.78 is 0. The smallest absolute Gasteiger partial charge is 0.353 e. The Balaban J connectivity index is 2.62. The second-order valence-electron chi connectivity index (χ2n) is 6.47. The molecule has 0 aliphatic rings. The largest absolute Gasteiger partial charge is 0.504 e. The Morgan fingerprint density at radius 3 is 2.21 bits per heavy atom. The van der Waals surface area contributed by atoms with Crippen LogP contribution in [-0.2, 0) is 6.42 Å². The number of aliphatic hydroxyl groups excluding tert-OH is 3. The van der Waals surface area contributed by atoms with Crippen LogP contribution in [0.5, 0.6) is 11.5 Å². The summed E-state index contributed by atoms with van der Waals surface area (Å²) >= 11 is 0. The van der Waals surface area contributed by atoms with Crippen LogP contribution in [0.25, 0.3) is 0 Å². The quantitative estimate of drug-likeness (QED) is 0.172. The summed E-state index contributed by atoms with van der Waals surface area (Å²) in [6.45, 7) is -2.02. The van der Waals surface area contributed by atoms with Gasteiger partial charge in [0, 0.05) is 6.20 Å². The molecular weight excluding hydrogens is 386 g/mol. The van der Waals surface area contributed by atoms with Crippen molar-refractivity contribution in [2.45, 2.75) is 12.0 Å². The molecule has 0 bridgehead atoms. The van der Waals surface area contributed by atoms with Gasteiger partial charge in [-0.15, -0.1) is 0 Å². The monoisotopic (exact) mass is 409 g/mol. The Hall–Kier alpha value is -3.12. The summed E-state index contributed by atoms with van der Waals surface area (Å²) in [6, 6.07) is 2.45. The highest BCUT2D eigenvalue weighted by molar-refractivity contribution is 6.15. The zero-order valence-electron chi connectivity index (χ0n) is 15.3.